The van der Waals surface area contributed by atoms with Crippen LogP contribution < -0.4 is 5.32 Å². The maximum atomic E-state index is 12.1. The third-order valence-corrected chi connectivity index (χ3v) is 4.13. The average Bonchev–Trinajstić information content (AvgIpc) is 3.23. The third-order valence-electron chi connectivity index (χ3n) is 4.13. The Bertz CT molecular complexity index is 718. The Hall–Kier alpha value is -2.63. The minimum absolute atomic E-state index is 0.0464. The lowest BCUT2D eigenvalue weighted by Crippen LogP contribution is -2.24. The molecule has 0 atom stereocenters. The number of ether oxygens (including phenoxy) is 1. The SMILES string of the molecule is Cc1cc(NC(=O)COC(=O)C2CCCC2)n(-c2ccccc2)n1. The van der Waals surface area contributed by atoms with E-state index in [1.807, 2.05) is 37.3 Å². The van der Waals surface area contributed by atoms with Crippen molar-refractivity contribution in [1.29, 1.82) is 0 Å². The number of aryl methyl sites for hydroxylation is 1. The number of carbonyl (C=O) groups excluding carboxylic acids is 2. The Kier molecular flexibility index (Phi) is 4.93. The van der Waals surface area contributed by atoms with Crippen LogP contribution in [0.2, 0.25) is 0 Å². The highest BCUT2D eigenvalue weighted by atomic mass is 16.5. The van der Waals surface area contributed by atoms with Crippen molar-refractivity contribution >= 4 is 17.7 Å². The Balaban J connectivity index is 1.61. The quantitative estimate of drug-likeness (QED) is 0.857. The van der Waals surface area contributed by atoms with E-state index >= 15 is 0 Å². The summed E-state index contributed by atoms with van der Waals surface area (Å²) in [6.45, 7) is 1.59. The summed E-state index contributed by atoms with van der Waals surface area (Å²) in [5.41, 5.74) is 1.64. The number of hydrogen-bond donors (Lipinski definition) is 1. The maximum absolute atomic E-state index is 12.1. The number of rotatable bonds is 5. The number of para-hydroxylation sites is 1. The fourth-order valence-corrected chi connectivity index (χ4v) is 2.95. The number of nitrogens with one attached hydrogen (secondary N) is 1. The average molecular weight is 327 g/mol. The van der Waals surface area contributed by atoms with Gasteiger partial charge in [0, 0.05) is 6.07 Å². The molecule has 1 aromatic carbocycles. The van der Waals surface area contributed by atoms with Gasteiger partial charge >= 0.3 is 5.97 Å². The maximum Gasteiger partial charge on any atom is 0.309 e. The molecule has 1 aromatic heterocycles. The van der Waals surface area contributed by atoms with E-state index in [0.29, 0.717) is 5.82 Å². The van der Waals surface area contributed by atoms with Gasteiger partial charge in [-0.2, -0.15) is 5.10 Å². The third kappa shape index (κ3) is 3.82. The highest BCUT2D eigenvalue weighted by Gasteiger charge is 2.24. The first-order chi connectivity index (χ1) is 11.6. The normalized spacial score (nSPS) is 14.5. The first-order valence-electron chi connectivity index (χ1n) is 8.22. The number of aromatic nitrogens is 2. The van der Waals surface area contributed by atoms with Crippen LogP contribution in [0, 0.1) is 12.8 Å². The van der Waals surface area contributed by atoms with Gasteiger partial charge in [-0.3, -0.25) is 9.59 Å². The molecule has 0 saturated heterocycles. The number of nitrogens with zero attached hydrogens (tertiary/aromatic N) is 2. The van der Waals surface area contributed by atoms with Crippen molar-refractivity contribution in [3.8, 4) is 5.69 Å². The largest absolute Gasteiger partial charge is 0.455 e. The highest BCUT2D eigenvalue weighted by Crippen LogP contribution is 2.25. The minimum atomic E-state index is -0.363. The van der Waals surface area contributed by atoms with E-state index in [4.69, 9.17) is 4.74 Å². The van der Waals surface area contributed by atoms with E-state index in [1.54, 1.807) is 10.7 Å². The summed E-state index contributed by atoms with van der Waals surface area (Å²) < 4.78 is 6.79. The molecule has 1 saturated carbocycles. The molecule has 1 heterocycles. The van der Waals surface area contributed by atoms with E-state index < -0.39 is 0 Å². The van der Waals surface area contributed by atoms with Gasteiger partial charge in [0.05, 0.1) is 17.3 Å². The molecule has 0 unspecified atom stereocenters. The van der Waals surface area contributed by atoms with Gasteiger partial charge in [-0.25, -0.2) is 4.68 Å². The number of anilines is 1. The summed E-state index contributed by atoms with van der Waals surface area (Å²) in [7, 11) is 0. The van der Waals surface area contributed by atoms with Crippen molar-refractivity contribution in [2.24, 2.45) is 5.92 Å². The zero-order chi connectivity index (χ0) is 16.9. The number of amides is 1. The molecule has 1 aliphatic carbocycles. The Labute approximate surface area is 140 Å². The lowest BCUT2D eigenvalue weighted by Gasteiger charge is -2.11. The van der Waals surface area contributed by atoms with E-state index in [2.05, 4.69) is 10.4 Å². The summed E-state index contributed by atoms with van der Waals surface area (Å²) in [5.74, 6) is -0.121. The van der Waals surface area contributed by atoms with Gasteiger partial charge in [0.25, 0.3) is 5.91 Å². The van der Waals surface area contributed by atoms with Crippen LogP contribution in [0.3, 0.4) is 0 Å². The van der Waals surface area contributed by atoms with Crippen molar-refractivity contribution in [2.75, 3.05) is 11.9 Å². The molecule has 6 heteroatoms. The van der Waals surface area contributed by atoms with Crippen LogP contribution in [0.15, 0.2) is 36.4 Å². The second kappa shape index (κ2) is 7.29. The van der Waals surface area contributed by atoms with Gasteiger partial charge < -0.3 is 10.1 Å². The number of carbonyl (C=O) groups is 2. The molecule has 1 fully saturated rings. The smallest absolute Gasteiger partial charge is 0.309 e. The van der Waals surface area contributed by atoms with Gasteiger partial charge in [-0.05, 0) is 31.9 Å². The predicted octanol–water partition coefficient (Wildman–Crippen LogP) is 2.85. The topological polar surface area (TPSA) is 73.2 Å². The summed E-state index contributed by atoms with van der Waals surface area (Å²) in [6.07, 6.45) is 3.84. The second-order valence-electron chi connectivity index (χ2n) is 6.06. The van der Waals surface area contributed by atoms with Gasteiger partial charge in [0.2, 0.25) is 0 Å². The van der Waals surface area contributed by atoms with Crippen LogP contribution in [0.1, 0.15) is 31.4 Å². The summed E-state index contributed by atoms with van der Waals surface area (Å²) in [4.78, 5) is 24.0. The van der Waals surface area contributed by atoms with Crippen LogP contribution in [0.5, 0.6) is 0 Å². The van der Waals surface area contributed by atoms with Crippen LogP contribution in [-0.2, 0) is 14.3 Å². The molecule has 1 N–H and O–H groups in total. The van der Waals surface area contributed by atoms with Crippen LogP contribution >= 0.6 is 0 Å². The van der Waals surface area contributed by atoms with Crippen LogP contribution in [0.25, 0.3) is 5.69 Å². The van der Waals surface area contributed by atoms with Crippen molar-refractivity contribution in [3.05, 3.63) is 42.1 Å². The van der Waals surface area contributed by atoms with Gasteiger partial charge in [0.1, 0.15) is 5.82 Å². The van der Waals surface area contributed by atoms with Crippen molar-refractivity contribution < 1.29 is 14.3 Å². The van der Waals surface area contributed by atoms with Crippen LogP contribution in [0.4, 0.5) is 5.82 Å². The van der Waals surface area contributed by atoms with Crippen LogP contribution in [-0.4, -0.2) is 28.3 Å². The van der Waals surface area contributed by atoms with Gasteiger partial charge in [-0.1, -0.05) is 31.0 Å². The second-order valence-corrected chi connectivity index (χ2v) is 6.06. The first kappa shape index (κ1) is 16.2. The predicted molar refractivity (Wildman–Crippen MR) is 89.8 cm³/mol. The van der Waals surface area contributed by atoms with Crippen molar-refractivity contribution in [3.63, 3.8) is 0 Å². The molecule has 1 amide bonds. The fourth-order valence-electron chi connectivity index (χ4n) is 2.95. The summed E-state index contributed by atoms with van der Waals surface area (Å²) >= 11 is 0. The van der Waals surface area contributed by atoms with E-state index in [9.17, 15) is 9.59 Å². The molecule has 0 aliphatic heterocycles. The monoisotopic (exact) mass is 327 g/mol. The molecule has 3 rings (SSSR count). The Morgan fingerprint density at radius 2 is 1.96 bits per heavy atom. The Morgan fingerprint density at radius 3 is 2.67 bits per heavy atom. The van der Waals surface area contributed by atoms with Gasteiger partial charge in [-0.15, -0.1) is 0 Å². The summed E-state index contributed by atoms with van der Waals surface area (Å²) in [5, 5.41) is 7.15. The molecular formula is C18H21N3O3. The number of hydrogen-bond acceptors (Lipinski definition) is 4. The minimum Gasteiger partial charge on any atom is -0.455 e. The lowest BCUT2D eigenvalue weighted by molar-refractivity contribution is -0.151. The molecular weight excluding hydrogens is 306 g/mol. The molecule has 1 aliphatic rings. The number of esters is 1. The molecule has 24 heavy (non-hydrogen) atoms. The van der Waals surface area contributed by atoms with Gasteiger partial charge in [0.15, 0.2) is 6.61 Å². The zero-order valence-electron chi connectivity index (χ0n) is 13.7. The molecule has 0 radical (unpaired) electrons. The summed E-state index contributed by atoms with van der Waals surface area (Å²) in [6, 6.07) is 11.3. The highest BCUT2D eigenvalue weighted by molar-refractivity contribution is 5.92. The Morgan fingerprint density at radius 1 is 1.25 bits per heavy atom. The van der Waals surface area contributed by atoms with Crippen molar-refractivity contribution in [2.45, 2.75) is 32.6 Å². The molecule has 0 bridgehead atoms. The van der Waals surface area contributed by atoms with Crippen molar-refractivity contribution in [1.82, 2.24) is 9.78 Å². The van der Waals surface area contributed by atoms with E-state index in [1.165, 1.54) is 0 Å². The number of benzene rings is 1. The van der Waals surface area contributed by atoms with E-state index in [-0.39, 0.29) is 24.4 Å². The zero-order valence-corrected chi connectivity index (χ0v) is 13.7. The molecule has 6 nitrogen and oxygen atoms in total. The first-order valence-corrected chi connectivity index (χ1v) is 8.22. The molecule has 0 spiro atoms. The fraction of sp³-hybridized carbons (Fsp3) is 0.389. The molecule has 126 valence electrons. The standard InChI is InChI=1S/C18H21N3O3/c1-13-11-16(21(20-13)15-9-3-2-4-10-15)19-17(22)12-24-18(23)14-7-5-6-8-14/h2-4,9-11,14H,5-8,12H2,1H3,(H,19,22). The molecule has 2 aromatic rings. The van der Waals surface area contributed by atoms with E-state index in [0.717, 1.165) is 37.1 Å². The lowest BCUT2D eigenvalue weighted by atomic mass is 10.1.